The van der Waals surface area contributed by atoms with Crippen molar-refractivity contribution in [3.8, 4) is 0 Å². The molecule has 0 fully saturated rings. The minimum atomic E-state index is -1.87. The Morgan fingerprint density at radius 1 is 0.833 bits per heavy atom. The molecule has 154 valence electrons. The summed E-state index contributed by atoms with van der Waals surface area (Å²) in [6, 6.07) is 29.5. The fourth-order valence-corrected chi connectivity index (χ4v) is 5.99. The molecular formula is C26H30N2OSi. The van der Waals surface area contributed by atoms with Crippen LogP contribution in [-0.4, -0.2) is 19.0 Å². The van der Waals surface area contributed by atoms with Crippen LogP contribution in [0.1, 0.15) is 32.0 Å². The van der Waals surface area contributed by atoms with E-state index in [1.165, 1.54) is 0 Å². The predicted octanol–water partition coefficient (Wildman–Crippen LogP) is 7.27. The van der Waals surface area contributed by atoms with Crippen molar-refractivity contribution in [3.05, 3.63) is 102 Å². The fraction of sp³-hybridized carbons (Fsp3) is 0.231. The van der Waals surface area contributed by atoms with Gasteiger partial charge >= 0.3 is 0 Å². The van der Waals surface area contributed by atoms with Crippen molar-refractivity contribution < 1.29 is 4.43 Å². The number of benzene rings is 2. The number of nitrogens with zero attached hydrogens (tertiary/aromatic N) is 2. The molecule has 0 aliphatic rings. The van der Waals surface area contributed by atoms with Crippen molar-refractivity contribution in [1.82, 2.24) is 4.98 Å². The van der Waals surface area contributed by atoms with Gasteiger partial charge < -0.3 is 4.43 Å². The summed E-state index contributed by atoms with van der Waals surface area (Å²) in [5, 5.41) is 0. The first-order chi connectivity index (χ1) is 14.7. The number of hydrogen-bond donors (Lipinski definition) is 0. The van der Waals surface area contributed by atoms with Gasteiger partial charge in [0, 0.05) is 17.8 Å². The molecule has 0 bridgehead atoms. The molecule has 0 saturated carbocycles. The molecule has 30 heavy (non-hydrogen) atoms. The Morgan fingerprint density at radius 3 is 2.00 bits per heavy atom. The zero-order valence-electron chi connectivity index (χ0n) is 18.1. The topological polar surface area (TPSA) is 34.5 Å². The molecule has 0 radical (unpaired) electrons. The zero-order chi connectivity index (χ0) is 21.2. The summed E-state index contributed by atoms with van der Waals surface area (Å²) in [7, 11) is -1.87. The summed E-state index contributed by atoms with van der Waals surface area (Å²) >= 11 is 0. The lowest BCUT2D eigenvalue weighted by atomic mass is 10.1. The van der Waals surface area contributed by atoms with Crippen LogP contribution in [0.4, 0.5) is 5.69 Å². The number of rotatable bonds is 9. The molecule has 4 heteroatoms. The van der Waals surface area contributed by atoms with Crippen molar-refractivity contribution in [3.63, 3.8) is 0 Å². The summed E-state index contributed by atoms with van der Waals surface area (Å²) in [6.07, 6.45) is 3.86. The fourth-order valence-electron chi connectivity index (χ4n) is 3.42. The highest BCUT2D eigenvalue weighted by molar-refractivity contribution is 6.74. The van der Waals surface area contributed by atoms with Gasteiger partial charge in [-0.2, -0.15) is 0 Å². The highest BCUT2D eigenvalue weighted by Crippen LogP contribution is 2.30. The number of pyridine rings is 1. The smallest absolute Gasteiger partial charge is 0.250 e. The first-order valence-corrected chi connectivity index (χ1v) is 13.2. The third-order valence-corrected chi connectivity index (χ3v) is 10.0. The molecule has 0 saturated heterocycles. The molecule has 0 N–H and O–H groups in total. The summed E-state index contributed by atoms with van der Waals surface area (Å²) < 4.78 is 6.85. The number of aromatic nitrogens is 1. The van der Waals surface area contributed by atoms with E-state index in [1.807, 2.05) is 66.7 Å². The van der Waals surface area contributed by atoms with Gasteiger partial charge in [0.2, 0.25) is 0 Å². The van der Waals surface area contributed by atoms with Crippen LogP contribution in [0, 0.1) is 0 Å². The number of hydrogen-bond acceptors (Lipinski definition) is 3. The predicted molar refractivity (Wildman–Crippen MR) is 130 cm³/mol. The molecule has 3 aromatic rings. The zero-order valence-corrected chi connectivity index (χ0v) is 19.1. The highest BCUT2D eigenvalue weighted by atomic mass is 28.4. The van der Waals surface area contributed by atoms with Crippen LogP contribution in [-0.2, 0) is 4.43 Å². The molecule has 0 amide bonds. The van der Waals surface area contributed by atoms with Gasteiger partial charge in [-0.25, -0.2) is 4.99 Å². The number of allylic oxidation sites excluding steroid dienone is 1. The maximum Gasteiger partial charge on any atom is 0.250 e. The van der Waals surface area contributed by atoms with E-state index in [0.29, 0.717) is 0 Å². The van der Waals surface area contributed by atoms with Gasteiger partial charge in [0.05, 0.1) is 17.1 Å². The second-order valence-electron chi connectivity index (χ2n) is 7.27. The SMILES string of the molecule is CC[Si](CC)(CC)O/C(=C\C(=N\c1ccccc1)c1ccccn1)c1ccccc1. The molecule has 3 rings (SSSR count). The molecule has 2 aromatic carbocycles. The van der Waals surface area contributed by atoms with Crippen LogP contribution in [0.15, 0.2) is 96.1 Å². The Morgan fingerprint density at radius 2 is 1.43 bits per heavy atom. The van der Waals surface area contributed by atoms with Crippen molar-refractivity contribution in [2.75, 3.05) is 0 Å². The summed E-state index contributed by atoms with van der Waals surface area (Å²) in [6.45, 7) is 6.75. The quantitative estimate of drug-likeness (QED) is 0.210. The Labute approximate surface area is 181 Å². The number of para-hydroxylation sites is 1. The van der Waals surface area contributed by atoms with E-state index >= 15 is 0 Å². The van der Waals surface area contributed by atoms with Gasteiger partial charge in [0.1, 0.15) is 5.76 Å². The van der Waals surface area contributed by atoms with Crippen molar-refractivity contribution in [2.24, 2.45) is 4.99 Å². The first kappa shape index (κ1) is 21.7. The molecule has 1 heterocycles. The number of aliphatic imine (C=N–C) groups is 1. The van der Waals surface area contributed by atoms with Gasteiger partial charge in [-0.05, 0) is 42.4 Å². The average Bonchev–Trinajstić information content (AvgIpc) is 2.83. The van der Waals surface area contributed by atoms with Crippen LogP contribution >= 0.6 is 0 Å². The van der Waals surface area contributed by atoms with Gasteiger partial charge in [-0.1, -0.05) is 75.4 Å². The monoisotopic (exact) mass is 414 g/mol. The van der Waals surface area contributed by atoms with Crippen LogP contribution in [0.5, 0.6) is 0 Å². The van der Waals surface area contributed by atoms with E-state index in [0.717, 1.165) is 46.5 Å². The van der Waals surface area contributed by atoms with E-state index in [2.05, 4.69) is 44.0 Å². The molecule has 0 aliphatic heterocycles. The minimum Gasteiger partial charge on any atom is -0.543 e. The van der Waals surface area contributed by atoms with Crippen LogP contribution < -0.4 is 0 Å². The van der Waals surface area contributed by atoms with Gasteiger partial charge in [0.25, 0.3) is 8.32 Å². The van der Waals surface area contributed by atoms with Crippen LogP contribution in [0.2, 0.25) is 18.1 Å². The molecule has 0 aliphatic carbocycles. The van der Waals surface area contributed by atoms with Crippen LogP contribution in [0.25, 0.3) is 5.76 Å². The van der Waals surface area contributed by atoms with E-state index in [9.17, 15) is 0 Å². The molecule has 0 atom stereocenters. The van der Waals surface area contributed by atoms with Crippen molar-refractivity contribution >= 4 is 25.5 Å². The lowest BCUT2D eigenvalue weighted by molar-refractivity contribution is 0.491. The standard InChI is InChI=1S/C26H30N2OSi/c1-4-30(5-2,6-3)29-26(22-15-9-7-10-16-22)21-25(24-19-13-14-20-27-24)28-23-17-11-8-12-18-23/h7-21H,4-6H2,1-3H3/b26-21-,28-25-. The maximum atomic E-state index is 6.85. The maximum absolute atomic E-state index is 6.85. The van der Waals surface area contributed by atoms with Gasteiger partial charge in [-0.3, -0.25) is 4.98 Å². The van der Waals surface area contributed by atoms with Gasteiger partial charge in [-0.15, -0.1) is 0 Å². The first-order valence-electron chi connectivity index (χ1n) is 10.7. The molecule has 1 aromatic heterocycles. The Hall–Kier alpha value is -2.98. The van der Waals surface area contributed by atoms with E-state index in [1.54, 1.807) is 6.20 Å². The van der Waals surface area contributed by atoms with Crippen LogP contribution in [0.3, 0.4) is 0 Å². The second kappa shape index (κ2) is 10.7. The van der Waals surface area contributed by atoms with E-state index < -0.39 is 8.32 Å². The van der Waals surface area contributed by atoms with Gasteiger partial charge in [0.15, 0.2) is 0 Å². The normalized spacial score (nSPS) is 12.6. The Balaban J connectivity index is 2.14. The van der Waals surface area contributed by atoms with E-state index in [4.69, 9.17) is 9.42 Å². The largest absolute Gasteiger partial charge is 0.543 e. The minimum absolute atomic E-state index is 0.798. The van der Waals surface area contributed by atoms with Crippen molar-refractivity contribution in [1.29, 1.82) is 0 Å². The highest BCUT2D eigenvalue weighted by Gasteiger charge is 2.32. The molecule has 0 spiro atoms. The lowest BCUT2D eigenvalue weighted by Crippen LogP contribution is -2.35. The van der Waals surface area contributed by atoms with Crippen molar-refractivity contribution in [2.45, 2.75) is 38.9 Å². The molecular weight excluding hydrogens is 384 g/mol. The molecule has 0 unspecified atom stereocenters. The summed E-state index contributed by atoms with van der Waals surface area (Å²) in [4.78, 5) is 9.47. The third kappa shape index (κ3) is 5.54. The van der Waals surface area contributed by atoms with E-state index in [-0.39, 0.29) is 0 Å². The summed E-state index contributed by atoms with van der Waals surface area (Å²) in [5.74, 6) is 0.883. The summed E-state index contributed by atoms with van der Waals surface area (Å²) in [5.41, 5.74) is 3.59. The second-order valence-corrected chi connectivity index (χ2v) is 12.0. The molecule has 3 nitrogen and oxygen atoms in total. The lowest BCUT2D eigenvalue weighted by Gasteiger charge is -2.30. The Kier molecular flexibility index (Phi) is 7.74. The third-order valence-electron chi connectivity index (χ3n) is 5.52. The Bertz CT molecular complexity index is 957. The average molecular weight is 415 g/mol.